The van der Waals surface area contributed by atoms with Crippen molar-refractivity contribution in [3.05, 3.63) is 99.8 Å². The monoisotopic (exact) mass is 599 g/mol. The van der Waals surface area contributed by atoms with E-state index in [1.807, 2.05) is 0 Å². The fraction of sp³-hybridized carbons (Fsp3) is 0.130. The first-order valence-electron chi connectivity index (χ1n) is 10.4. The van der Waals surface area contributed by atoms with Gasteiger partial charge >= 0.3 is 0 Å². The van der Waals surface area contributed by atoms with Crippen LogP contribution >= 0.6 is 0 Å². The third-order valence-corrected chi connectivity index (χ3v) is 5.45. The Morgan fingerprint density at radius 3 is 0.625 bits per heavy atom. The molecule has 0 saturated carbocycles. The number of nitrogens with one attached hydrogen (secondary N) is 1. The first-order valence-corrected chi connectivity index (χ1v) is 10.4. The molecule has 0 saturated heterocycles. The predicted octanol–water partition coefficient (Wildman–Crippen LogP) is 3.73. The highest BCUT2D eigenvalue weighted by Crippen LogP contribution is 2.28. The molecule has 3 aromatic rings. The van der Waals surface area contributed by atoms with Crippen molar-refractivity contribution in [2.75, 3.05) is 21.1 Å². The summed E-state index contributed by atoms with van der Waals surface area (Å²) in [6.45, 7) is 2.67. The number of quaternary nitrogens is 1. The SMILES string of the molecule is C=C[B-](c1c(F)c(F)c(F)c(F)c1F)(c1c(F)c(F)c(F)c(F)c1F)c1c(F)c(F)c(F)c(F)c1F.C[NH+](C)C. The van der Waals surface area contributed by atoms with Gasteiger partial charge in [0.25, 0.3) is 0 Å². The molecule has 3 aromatic carbocycles. The maximum absolute atomic E-state index is 14.8. The molecule has 0 aromatic heterocycles. The van der Waals surface area contributed by atoms with Crippen LogP contribution in [0.2, 0.25) is 0 Å². The number of hydrogen-bond donors (Lipinski definition) is 1. The van der Waals surface area contributed by atoms with Gasteiger partial charge in [-0.2, -0.15) is 0 Å². The van der Waals surface area contributed by atoms with Crippen molar-refractivity contribution in [3.63, 3.8) is 0 Å². The molecule has 0 atom stereocenters. The Hall–Kier alpha value is -3.63. The summed E-state index contributed by atoms with van der Waals surface area (Å²) in [5.74, 6) is -46.2. The minimum absolute atomic E-state index is 0.463. The van der Waals surface area contributed by atoms with Crippen LogP contribution in [0.5, 0.6) is 0 Å². The van der Waals surface area contributed by atoms with E-state index in [9.17, 15) is 65.9 Å². The Bertz CT molecular complexity index is 1260. The highest BCUT2D eigenvalue weighted by molar-refractivity contribution is 7.15. The van der Waals surface area contributed by atoms with Crippen LogP contribution in [0, 0.1) is 87.3 Å². The van der Waals surface area contributed by atoms with Gasteiger partial charge in [-0.3, -0.25) is 0 Å². The van der Waals surface area contributed by atoms with E-state index in [-0.39, 0.29) is 0 Å². The Kier molecular flexibility index (Phi) is 9.34. The highest BCUT2D eigenvalue weighted by Gasteiger charge is 2.46. The second-order valence-electron chi connectivity index (χ2n) is 8.62. The van der Waals surface area contributed by atoms with Crippen molar-refractivity contribution in [1.82, 2.24) is 0 Å². The smallest absolute Gasteiger partial charge is 0.200 e. The third-order valence-electron chi connectivity index (χ3n) is 5.45. The number of hydrogen-bond acceptors (Lipinski definition) is 0. The molecule has 40 heavy (non-hydrogen) atoms. The average molecular weight is 599 g/mol. The molecular weight excluding hydrogens is 586 g/mol. The molecule has 0 aliphatic carbocycles. The second-order valence-corrected chi connectivity index (χ2v) is 8.62. The summed E-state index contributed by atoms with van der Waals surface area (Å²) >= 11 is 0. The van der Waals surface area contributed by atoms with Gasteiger partial charge in [0.05, 0.1) is 21.1 Å². The number of rotatable bonds is 4. The Morgan fingerprint density at radius 1 is 0.375 bits per heavy atom. The maximum Gasteiger partial charge on any atom is 0.200 e. The van der Waals surface area contributed by atoms with E-state index in [2.05, 4.69) is 27.7 Å². The van der Waals surface area contributed by atoms with E-state index in [0.717, 1.165) is 0 Å². The lowest BCUT2D eigenvalue weighted by atomic mass is 9.15. The van der Waals surface area contributed by atoms with E-state index < -0.39 is 116 Å². The quantitative estimate of drug-likeness (QED) is 0.202. The summed E-state index contributed by atoms with van der Waals surface area (Å²) < 4.78 is 213. The van der Waals surface area contributed by atoms with Gasteiger partial charge in [-0.05, 0) is 0 Å². The molecule has 1 N–H and O–H groups in total. The van der Waals surface area contributed by atoms with Crippen LogP contribution in [0.3, 0.4) is 0 Å². The molecular formula is C23H13BF15N. The lowest BCUT2D eigenvalue weighted by Crippen LogP contribution is -3.02. The lowest BCUT2D eigenvalue weighted by molar-refractivity contribution is -0.836. The molecule has 0 bridgehead atoms. The summed E-state index contributed by atoms with van der Waals surface area (Å²) in [7, 11) is 6.25. The first kappa shape index (κ1) is 32.6. The van der Waals surface area contributed by atoms with Crippen molar-refractivity contribution in [3.8, 4) is 0 Å². The molecule has 218 valence electrons. The lowest BCUT2D eigenvalue weighted by Gasteiger charge is -2.41. The van der Waals surface area contributed by atoms with Gasteiger partial charge in [-0.15, -0.1) is 23.0 Å². The summed E-state index contributed by atoms with van der Waals surface area (Å²) in [6, 6.07) is 0. The van der Waals surface area contributed by atoms with Gasteiger partial charge < -0.3 is 4.90 Å². The molecule has 0 spiro atoms. The zero-order valence-corrected chi connectivity index (χ0v) is 20.0. The standard InChI is InChI=1S/C20H3BF15.C3H9N/c1-2-21(3-6(22)12(28)18(34)13(29)7(3)23,4-8(24)14(30)19(35)15(31)9(4)25)5-10(26)16(32)20(36)17(33)11(5)27;1-4(2)3/h2H,1H2;1-3H3/q-1;/p+1. The van der Waals surface area contributed by atoms with Crippen LogP contribution in [-0.2, 0) is 0 Å². The van der Waals surface area contributed by atoms with E-state index in [1.54, 1.807) is 0 Å². The highest BCUT2D eigenvalue weighted by atomic mass is 19.2. The molecule has 17 heteroatoms. The molecule has 3 rings (SSSR count). The Morgan fingerprint density at radius 2 is 0.500 bits per heavy atom. The van der Waals surface area contributed by atoms with Gasteiger partial charge in [0.2, 0.25) is 0 Å². The topological polar surface area (TPSA) is 4.44 Å². The second kappa shape index (κ2) is 11.5. The summed E-state index contributed by atoms with van der Waals surface area (Å²) in [5.41, 5.74) is -8.14. The van der Waals surface area contributed by atoms with Crippen molar-refractivity contribution >= 4 is 22.5 Å². The molecule has 0 fully saturated rings. The Labute approximate surface area is 215 Å². The van der Waals surface area contributed by atoms with Crippen molar-refractivity contribution in [2.24, 2.45) is 0 Å². The van der Waals surface area contributed by atoms with Crippen LogP contribution < -0.4 is 21.3 Å². The van der Waals surface area contributed by atoms with E-state index >= 15 is 0 Å². The van der Waals surface area contributed by atoms with Gasteiger partial charge in [-0.25, -0.2) is 71.8 Å². The minimum Gasteiger partial charge on any atom is -0.342 e. The van der Waals surface area contributed by atoms with Crippen LogP contribution in [0.4, 0.5) is 65.9 Å². The van der Waals surface area contributed by atoms with Crippen molar-refractivity contribution in [1.29, 1.82) is 0 Å². The zero-order valence-electron chi connectivity index (χ0n) is 20.0. The average Bonchev–Trinajstić information content (AvgIpc) is 2.90. The number of halogens is 15. The fourth-order valence-electron chi connectivity index (χ4n) is 3.85. The maximum atomic E-state index is 14.8. The third kappa shape index (κ3) is 4.79. The van der Waals surface area contributed by atoms with Crippen molar-refractivity contribution < 1.29 is 70.8 Å². The van der Waals surface area contributed by atoms with Crippen LogP contribution in [0.1, 0.15) is 0 Å². The molecule has 0 aliphatic rings. The van der Waals surface area contributed by atoms with E-state index in [4.69, 9.17) is 0 Å². The minimum atomic E-state index is -5.64. The van der Waals surface area contributed by atoms with Gasteiger partial charge in [0.1, 0.15) is 41.0 Å². The van der Waals surface area contributed by atoms with Crippen LogP contribution in [-0.4, -0.2) is 27.3 Å². The zero-order chi connectivity index (χ0) is 31.2. The summed E-state index contributed by atoms with van der Waals surface area (Å²) in [4.78, 5) is 1.42. The van der Waals surface area contributed by atoms with Gasteiger partial charge in [0, 0.05) is 0 Å². The Balaban J connectivity index is 0.00000131. The largest absolute Gasteiger partial charge is 0.342 e. The fourth-order valence-corrected chi connectivity index (χ4v) is 3.85. The summed E-state index contributed by atoms with van der Waals surface area (Å²) in [6.07, 6.45) is -5.64. The van der Waals surface area contributed by atoms with Crippen LogP contribution in [0.15, 0.2) is 12.6 Å². The van der Waals surface area contributed by atoms with E-state index in [0.29, 0.717) is 0 Å². The molecule has 1 nitrogen and oxygen atoms in total. The normalized spacial score (nSPS) is 11.6. The molecule has 0 aliphatic heterocycles. The van der Waals surface area contributed by atoms with Crippen molar-refractivity contribution in [2.45, 2.75) is 0 Å². The first-order chi connectivity index (χ1) is 18.3. The molecule has 0 amide bonds. The number of benzene rings is 3. The van der Waals surface area contributed by atoms with Crippen LogP contribution in [0.25, 0.3) is 0 Å². The molecule has 0 radical (unpaired) electrons. The molecule has 0 heterocycles. The molecule has 0 unspecified atom stereocenters. The predicted molar refractivity (Wildman–Crippen MR) is 112 cm³/mol. The van der Waals surface area contributed by atoms with E-state index in [1.165, 1.54) is 4.90 Å². The summed E-state index contributed by atoms with van der Waals surface area (Å²) in [5, 5.41) is 0. The van der Waals surface area contributed by atoms with Gasteiger partial charge in [0.15, 0.2) is 52.4 Å². The van der Waals surface area contributed by atoms with Gasteiger partial charge in [-0.1, -0.05) is 0 Å².